The maximum absolute atomic E-state index is 12.1. The zero-order valence-corrected chi connectivity index (χ0v) is 13.7. The number of amides is 1. The van der Waals surface area contributed by atoms with Crippen LogP contribution in [-0.2, 0) is 17.8 Å². The predicted molar refractivity (Wildman–Crippen MR) is 93.5 cm³/mol. The van der Waals surface area contributed by atoms with E-state index in [9.17, 15) is 4.79 Å². The van der Waals surface area contributed by atoms with E-state index in [0.717, 1.165) is 41.5 Å². The Morgan fingerprint density at radius 1 is 1.30 bits per heavy atom. The number of aromatic nitrogens is 2. The minimum atomic E-state index is -0.0838. The van der Waals surface area contributed by atoms with E-state index >= 15 is 0 Å². The first-order valence-corrected chi connectivity index (χ1v) is 9.23. The van der Waals surface area contributed by atoms with Crippen LogP contribution in [0.4, 0.5) is 5.69 Å². The average molecular weight is 328 g/mol. The van der Waals surface area contributed by atoms with Gasteiger partial charge in [0.1, 0.15) is 5.82 Å². The summed E-state index contributed by atoms with van der Waals surface area (Å²) in [5.41, 5.74) is 2.95. The van der Waals surface area contributed by atoms with E-state index in [-0.39, 0.29) is 11.9 Å². The van der Waals surface area contributed by atoms with E-state index in [2.05, 4.69) is 21.4 Å². The molecule has 23 heavy (non-hydrogen) atoms. The monoisotopic (exact) mass is 328 g/mol. The number of anilines is 1. The topological polar surface area (TPSA) is 59.0 Å². The highest BCUT2D eigenvalue weighted by molar-refractivity contribution is 7.99. The van der Waals surface area contributed by atoms with Crippen molar-refractivity contribution < 1.29 is 4.79 Å². The summed E-state index contributed by atoms with van der Waals surface area (Å²) in [5.74, 6) is 2.92. The van der Waals surface area contributed by atoms with Crippen molar-refractivity contribution in [2.75, 3.05) is 16.9 Å². The molecule has 2 aromatic rings. The molecule has 1 unspecified atom stereocenters. The molecule has 0 spiro atoms. The van der Waals surface area contributed by atoms with Crippen LogP contribution in [0, 0.1) is 0 Å². The van der Waals surface area contributed by atoms with Crippen LogP contribution in [0.1, 0.15) is 18.7 Å². The van der Waals surface area contributed by atoms with Gasteiger partial charge in [0.2, 0.25) is 5.91 Å². The number of rotatable bonds is 3. The van der Waals surface area contributed by atoms with Crippen molar-refractivity contribution in [1.29, 1.82) is 0 Å². The Kier molecular flexibility index (Phi) is 4.10. The molecule has 0 radical (unpaired) electrons. The number of thioether (sulfide) groups is 1. The van der Waals surface area contributed by atoms with E-state index in [4.69, 9.17) is 4.98 Å². The molecule has 2 aliphatic heterocycles. The Hall–Kier alpha value is -1.79. The molecule has 1 fully saturated rings. The molecule has 0 bridgehead atoms. The summed E-state index contributed by atoms with van der Waals surface area (Å²) in [4.78, 5) is 16.8. The van der Waals surface area contributed by atoms with Crippen LogP contribution in [0.15, 0.2) is 30.5 Å². The first-order chi connectivity index (χ1) is 11.3. The summed E-state index contributed by atoms with van der Waals surface area (Å²) in [7, 11) is 0. The number of nitrogens with zero attached hydrogens (tertiary/aromatic N) is 2. The number of carbonyl (C=O) groups excluding carboxylic acids is 1. The van der Waals surface area contributed by atoms with Gasteiger partial charge in [-0.25, -0.2) is 4.98 Å². The summed E-state index contributed by atoms with van der Waals surface area (Å²) in [6.45, 7) is 1.07. The zero-order chi connectivity index (χ0) is 15.6. The molecule has 1 saturated heterocycles. The van der Waals surface area contributed by atoms with Gasteiger partial charge in [0, 0.05) is 42.0 Å². The second-order valence-electron chi connectivity index (χ2n) is 6.03. The van der Waals surface area contributed by atoms with E-state index in [1.165, 1.54) is 18.7 Å². The largest absolute Gasteiger partial charge is 0.334 e. The molecule has 3 heterocycles. The Bertz CT molecular complexity index is 680. The minimum absolute atomic E-state index is 0.0419. The highest BCUT2D eigenvalue weighted by Gasteiger charge is 2.22. The Balaban J connectivity index is 1.47. The summed E-state index contributed by atoms with van der Waals surface area (Å²) in [5, 5.41) is 6.15. The third-order valence-corrected chi connectivity index (χ3v) is 5.33. The molecule has 120 valence electrons. The maximum atomic E-state index is 12.1. The number of nitrogens with one attached hydrogen (secondary N) is 2. The molecule has 2 aliphatic rings. The molecule has 4 rings (SSSR count). The first-order valence-electron chi connectivity index (χ1n) is 8.08. The highest BCUT2D eigenvalue weighted by atomic mass is 32.2. The van der Waals surface area contributed by atoms with Crippen LogP contribution in [0.25, 0.3) is 11.3 Å². The number of imidazole rings is 1. The van der Waals surface area contributed by atoms with Gasteiger partial charge < -0.3 is 9.88 Å². The molecular formula is C17H20N4OS. The van der Waals surface area contributed by atoms with Crippen LogP contribution in [0.5, 0.6) is 0 Å². The van der Waals surface area contributed by atoms with E-state index in [1.807, 2.05) is 24.3 Å². The fourth-order valence-electron chi connectivity index (χ4n) is 3.07. The Morgan fingerprint density at radius 2 is 2.17 bits per heavy atom. The number of hydrogen-bond donors (Lipinski definition) is 2. The second-order valence-corrected chi connectivity index (χ2v) is 7.06. The molecular weight excluding hydrogens is 308 g/mol. The van der Waals surface area contributed by atoms with Crippen LogP contribution >= 0.6 is 11.8 Å². The number of carbonyl (C=O) groups is 1. The fourth-order valence-corrected chi connectivity index (χ4v) is 4.01. The Labute approximate surface area is 139 Å². The van der Waals surface area contributed by atoms with Crippen LogP contribution in [0.2, 0.25) is 0 Å². The molecule has 1 aromatic carbocycles. The van der Waals surface area contributed by atoms with Gasteiger partial charge >= 0.3 is 0 Å². The third-order valence-electron chi connectivity index (χ3n) is 4.39. The van der Waals surface area contributed by atoms with Crippen LogP contribution in [0.3, 0.4) is 0 Å². The molecule has 6 heteroatoms. The zero-order valence-electron chi connectivity index (χ0n) is 12.9. The molecule has 0 saturated carbocycles. The molecule has 0 aliphatic carbocycles. The maximum Gasteiger partial charge on any atom is 0.242 e. The quantitative estimate of drug-likeness (QED) is 0.909. The standard InChI is InChI=1S/C17H20N4OS/c22-17(15-10-23-11-18-15)19-13-6-4-12(5-7-13)14-9-21-8-2-1-3-16(21)20-14/h4-7,9,15,18H,1-3,8,10-11H2,(H,19,22). The molecule has 5 nitrogen and oxygen atoms in total. The van der Waals surface area contributed by atoms with Crippen molar-refractivity contribution in [1.82, 2.24) is 14.9 Å². The van der Waals surface area contributed by atoms with Gasteiger partial charge in [-0.05, 0) is 25.0 Å². The van der Waals surface area contributed by atoms with Crippen molar-refractivity contribution in [2.45, 2.75) is 31.8 Å². The van der Waals surface area contributed by atoms with Gasteiger partial charge in [-0.2, -0.15) is 0 Å². The SMILES string of the molecule is O=C(Nc1ccc(-c2cn3c(n2)CCCC3)cc1)C1CSCN1. The van der Waals surface area contributed by atoms with Crippen LogP contribution < -0.4 is 10.6 Å². The highest BCUT2D eigenvalue weighted by Crippen LogP contribution is 2.24. The molecule has 1 atom stereocenters. The Morgan fingerprint density at radius 3 is 2.91 bits per heavy atom. The average Bonchev–Trinajstić information content (AvgIpc) is 3.25. The lowest BCUT2D eigenvalue weighted by Gasteiger charge is -2.11. The molecule has 2 N–H and O–H groups in total. The van der Waals surface area contributed by atoms with Gasteiger partial charge in [0.25, 0.3) is 0 Å². The van der Waals surface area contributed by atoms with Crippen LogP contribution in [-0.4, -0.2) is 33.1 Å². The van der Waals surface area contributed by atoms with Gasteiger partial charge in [-0.1, -0.05) is 12.1 Å². The second kappa shape index (κ2) is 6.37. The lowest BCUT2D eigenvalue weighted by molar-refractivity contribution is -0.117. The third kappa shape index (κ3) is 3.14. The smallest absolute Gasteiger partial charge is 0.242 e. The van der Waals surface area contributed by atoms with Gasteiger partial charge in [-0.3, -0.25) is 10.1 Å². The normalized spacial score (nSPS) is 20.3. The van der Waals surface area contributed by atoms with Crippen molar-refractivity contribution in [2.24, 2.45) is 0 Å². The molecule has 1 aromatic heterocycles. The van der Waals surface area contributed by atoms with E-state index in [1.54, 1.807) is 11.8 Å². The van der Waals surface area contributed by atoms with E-state index in [0.29, 0.717) is 0 Å². The summed E-state index contributed by atoms with van der Waals surface area (Å²) in [6.07, 6.45) is 5.68. The molecule has 1 amide bonds. The van der Waals surface area contributed by atoms with Crippen molar-refractivity contribution in [3.05, 3.63) is 36.3 Å². The van der Waals surface area contributed by atoms with Gasteiger partial charge in [0.05, 0.1) is 11.7 Å². The lowest BCUT2D eigenvalue weighted by atomic mass is 10.1. The fraction of sp³-hybridized carbons (Fsp3) is 0.412. The summed E-state index contributed by atoms with van der Waals surface area (Å²) >= 11 is 1.75. The number of fused-ring (bicyclic) bond motifs is 1. The van der Waals surface area contributed by atoms with Crippen molar-refractivity contribution >= 4 is 23.4 Å². The number of benzene rings is 1. The summed E-state index contributed by atoms with van der Waals surface area (Å²) < 4.78 is 2.26. The van der Waals surface area contributed by atoms with Gasteiger partial charge in [-0.15, -0.1) is 11.8 Å². The number of aryl methyl sites for hydroxylation is 2. The minimum Gasteiger partial charge on any atom is -0.334 e. The first kappa shape index (κ1) is 14.8. The summed E-state index contributed by atoms with van der Waals surface area (Å²) in [6, 6.07) is 7.88. The van der Waals surface area contributed by atoms with Crippen molar-refractivity contribution in [3.8, 4) is 11.3 Å². The van der Waals surface area contributed by atoms with E-state index < -0.39 is 0 Å². The van der Waals surface area contributed by atoms with Crippen molar-refractivity contribution in [3.63, 3.8) is 0 Å². The number of hydrogen-bond acceptors (Lipinski definition) is 4. The predicted octanol–water partition coefficient (Wildman–Crippen LogP) is 2.49. The van der Waals surface area contributed by atoms with Gasteiger partial charge in [0.15, 0.2) is 0 Å². The lowest BCUT2D eigenvalue weighted by Crippen LogP contribution is -2.37.